The van der Waals surface area contributed by atoms with E-state index in [0.29, 0.717) is 22.2 Å². The summed E-state index contributed by atoms with van der Waals surface area (Å²) in [5, 5.41) is 3.28. The maximum atomic E-state index is 12.2. The summed E-state index contributed by atoms with van der Waals surface area (Å²) in [7, 11) is 0. The monoisotopic (exact) mass is 329 g/mol. The Morgan fingerprint density at radius 3 is 2.83 bits per heavy atom. The third kappa shape index (κ3) is 3.82. The molecule has 120 valence electrons. The molecule has 1 aromatic carbocycles. The van der Waals surface area contributed by atoms with Gasteiger partial charge in [-0.05, 0) is 43.0 Å². The summed E-state index contributed by atoms with van der Waals surface area (Å²) in [5.41, 5.74) is 1.13. The minimum Gasteiger partial charge on any atom is -0.356 e. The number of anilines is 2. The van der Waals surface area contributed by atoms with Crippen molar-refractivity contribution in [2.45, 2.75) is 19.8 Å². The Morgan fingerprint density at radius 1 is 1.30 bits per heavy atom. The predicted octanol–water partition coefficient (Wildman–Crippen LogP) is 4.22. The van der Waals surface area contributed by atoms with Crippen molar-refractivity contribution in [2.75, 3.05) is 23.3 Å². The number of amides is 1. The Hall–Kier alpha value is -2.07. The number of rotatable bonds is 3. The fourth-order valence-electron chi connectivity index (χ4n) is 2.89. The first-order chi connectivity index (χ1) is 11.1. The lowest BCUT2D eigenvalue weighted by molar-refractivity contribution is 0.102. The lowest BCUT2D eigenvalue weighted by Gasteiger charge is -2.31. The Bertz CT molecular complexity index is 687. The van der Waals surface area contributed by atoms with Crippen LogP contribution in [0.25, 0.3) is 0 Å². The number of carbonyl (C=O) groups is 1. The summed E-state index contributed by atoms with van der Waals surface area (Å²) < 4.78 is 0. The molecule has 23 heavy (non-hydrogen) atoms. The van der Waals surface area contributed by atoms with Crippen LogP contribution in [0, 0.1) is 5.92 Å². The van der Waals surface area contributed by atoms with Gasteiger partial charge < -0.3 is 10.2 Å². The number of aromatic nitrogens is 1. The van der Waals surface area contributed by atoms with E-state index in [1.165, 1.54) is 12.8 Å². The SMILES string of the molecule is CC1CCCN(c2ccc(NC(=O)c3ccccc3Cl)cn2)C1. The van der Waals surface area contributed by atoms with Crippen molar-refractivity contribution < 1.29 is 4.79 Å². The maximum absolute atomic E-state index is 12.2. The summed E-state index contributed by atoms with van der Waals surface area (Å²) in [6.07, 6.45) is 4.18. The number of nitrogens with zero attached hydrogens (tertiary/aromatic N) is 2. The van der Waals surface area contributed by atoms with Crippen LogP contribution in [0.15, 0.2) is 42.6 Å². The molecule has 1 saturated heterocycles. The van der Waals surface area contributed by atoms with Crippen LogP contribution in [0.1, 0.15) is 30.1 Å². The molecule has 0 radical (unpaired) electrons. The quantitative estimate of drug-likeness (QED) is 0.916. The number of hydrogen-bond acceptors (Lipinski definition) is 3. The first-order valence-corrected chi connectivity index (χ1v) is 8.28. The van der Waals surface area contributed by atoms with Gasteiger partial charge in [0.15, 0.2) is 0 Å². The number of nitrogens with one attached hydrogen (secondary N) is 1. The first kappa shape index (κ1) is 15.8. The van der Waals surface area contributed by atoms with E-state index in [2.05, 4.69) is 22.1 Å². The van der Waals surface area contributed by atoms with E-state index < -0.39 is 0 Å². The molecule has 0 aliphatic carbocycles. The molecule has 3 rings (SSSR count). The van der Waals surface area contributed by atoms with E-state index in [0.717, 1.165) is 18.9 Å². The van der Waals surface area contributed by atoms with Crippen LogP contribution in [-0.2, 0) is 0 Å². The zero-order valence-electron chi connectivity index (χ0n) is 13.1. The third-order valence-electron chi connectivity index (χ3n) is 4.11. The average molecular weight is 330 g/mol. The van der Waals surface area contributed by atoms with Crippen LogP contribution >= 0.6 is 11.6 Å². The molecule has 1 aliphatic rings. The lowest BCUT2D eigenvalue weighted by Crippen LogP contribution is -2.34. The first-order valence-electron chi connectivity index (χ1n) is 7.90. The number of pyridine rings is 1. The molecule has 1 atom stereocenters. The number of hydrogen-bond donors (Lipinski definition) is 1. The Balaban J connectivity index is 1.68. The molecule has 1 aliphatic heterocycles. The zero-order chi connectivity index (χ0) is 16.2. The molecule has 1 N–H and O–H groups in total. The van der Waals surface area contributed by atoms with Gasteiger partial charge in [0.25, 0.3) is 5.91 Å². The number of halogens is 1. The summed E-state index contributed by atoms with van der Waals surface area (Å²) >= 11 is 6.04. The second-order valence-electron chi connectivity index (χ2n) is 6.03. The van der Waals surface area contributed by atoms with Gasteiger partial charge in [-0.2, -0.15) is 0 Å². The van der Waals surface area contributed by atoms with Gasteiger partial charge in [-0.1, -0.05) is 30.7 Å². The van der Waals surface area contributed by atoms with E-state index in [4.69, 9.17) is 11.6 Å². The molecule has 2 heterocycles. The van der Waals surface area contributed by atoms with Crippen LogP contribution in [0.5, 0.6) is 0 Å². The van der Waals surface area contributed by atoms with Gasteiger partial charge in [-0.3, -0.25) is 4.79 Å². The summed E-state index contributed by atoms with van der Waals surface area (Å²) in [5.74, 6) is 1.44. The molecule has 1 amide bonds. The van der Waals surface area contributed by atoms with Crippen molar-refractivity contribution in [3.8, 4) is 0 Å². The van der Waals surface area contributed by atoms with Gasteiger partial charge in [0.2, 0.25) is 0 Å². The molecule has 5 heteroatoms. The van der Waals surface area contributed by atoms with E-state index in [1.807, 2.05) is 12.1 Å². The largest absolute Gasteiger partial charge is 0.356 e. The second kappa shape index (κ2) is 7.01. The van der Waals surface area contributed by atoms with Crippen molar-refractivity contribution in [3.05, 3.63) is 53.2 Å². The lowest BCUT2D eigenvalue weighted by atomic mass is 10.0. The molecular weight excluding hydrogens is 310 g/mol. The average Bonchev–Trinajstić information content (AvgIpc) is 2.56. The molecule has 4 nitrogen and oxygen atoms in total. The van der Waals surface area contributed by atoms with Gasteiger partial charge >= 0.3 is 0 Å². The molecule has 0 saturated carbocycles. The van der Waals surface area contributed by atoms with Crippen molar-refractivity contribution in [2.24, 2.45) is 5.92 Å². The fraction of sp³-hybridized carbons (Fsp3) is 0.333. The van der Waals surface area contributed by atoms with Crippen molar-refractivity contribution in [3.63, 3.8) is 0 Å². The highest BCUT2D eigenvalue weighted by atomic mass is 35.5. The highest BCUT2D eigenvalue weighted by Crippen LogP contribution is 2.22. The summed E-state index contributed by atoms with van der Waals surface area (Å²) in [6.45, 7) is 4.35. The minimum atomic E-state index is -0.225. The molecular formula is C18H20ClN3O. The van der Waals surface area contributed by atoms with E-state index in [9.17, 15) is 4.79 Å². The van der Waals surface area contributed by atoms with Crippen LogP contribution in [0.3, 0.4) is 0 Å². The maximum Gasteiger partial charge on any atom is 0.257 e. The fourth-order valence-corrected chi connectivity index (χ4v) is 3.11. The van der Waals surface area contributed by atoms with Crippen LogP contribution in [-0.4, -0.2) is 24.0 Å². The second-order valence-corrected chi connectivity index (χ2v) is 6.44. The number of carbonyl (C=O) groups excluding carboxylic acids is 1. The molecule has 1 fully saturated rings. The van der Waals surface area contributed by atoms with Crippen molar-refractivity contribution in [1.29, 1.82) is 0 Å². The third-order valence-corrected chi connectivity index (χ3v) is 4.43. The minimum absolute atomic E-state index is 0.225. The molecule has 2 aromatic rings. The van der Waals surface area contributed by atoms with Crippen molar-refractivity contribution >= 4 is 29.0 Å². The molecule has 1 aromatic heterocycles. The van der Waals surface area contributed by atoms with E-state index in [1.54, 1.807) is 30.5 Å². The molecule has 0 spiro atoms. The zero-order valence-corrected chi connectivity index (χ0v) is 13.9. The highest BCUT2D eigenvalue weighted by molar-refractivity contribution is 6.34. The highest BCUT2D eigenvalue weighted by Gasteiger charge is 2.17. The van der Waals surface area contributed by atoms with Crippen LogP contribution in [0.4, 0.5) is 11.5 Å². The van der Waals surface area contributed by atoms with E-state index in [-0.39, 0.29) is 5.91 Å². The standard InChI is InChI=1S/C18H20ClN3O/c1-13-5-4-10-22(12-13)17-9-8-14(11-20-17)21-18(23)15-6-2-3-7-16(15)19/h2-3,6-9,11,13H,4-5,10,12H2,1H3,(H,21,23). The van der Waals surface area contributed by atoms with Crippen molar-refractivity contribution in [1.82, 2.24) is 4.98 Å². The van der Waals surface area contributed by atoms with Crippen LogP contribution in [0.2, 0.25) is 5.02 Å². The summed E-state index contributed by atoms with van der Waals surface area (Å²) in [4.78, 5) is 19.0. The predicted molar refractivity (Wildman–Crippen MR) is 94.3 cm³/mol. The van der Waals surface area contributed by atoms with Gasteiger partial charge in [0.05, 0.1) is 22.5 Å². The Morgan fingerprint density at radius 2 is 2.13 bits per heavy atom. The summed E-state index contributed by atoms with van der Waals surface area (Å²) in [6, 6.07) is 10.8. The van der Waals surface area contributed by atoms with Gasteiger partial charge in [0.1, 0.15) is 5.82 Å². The Kier molecular flexibility index (Phi) is 4.82. The molecule has 1 unspecified atom stereocenters. The normalized spacial score (nSPS) is 17.8. The van der Waals surface area contributed by atoms with Gasteiger partial charge in [0, 0.05) is 13.1 Å². The Labute approximate surface area is 141 Å². The number of piperidine rings is 1. The molecule has 0 bridgehead atoms. The number of benzene rings is 1. The van der Waals surface area contributed by atoms with Gasteiger partial charge in [-0.25, -0.2) is 4.98 Å². The topological polar surface area (TPSA) is 45.2 Å². The van der Waals surface area contributed by atoms with E-state index >= 15 is 0 Å². The smallest absolute Gasteiger partial charge is 0.257 e. The van der Waals surface area contributed by atoms with Crippen LogP contribution < -0.4 is 10.2 Å². The van der Waals surface area contributed by atoms with Gasteiger partial charge in [-0.15, -0.1) is 0 Å².